The Kier molecular flexibility index (Phi) is 5.15. The first-order chi connectivity index (χ1) is 8.69. The van der Waals surface area contributed by atoms with Crippen molar-refractivity contribution >= 4 is 11.3 Å². The molecule has 0 aromatic carbocycles. The zero-order chi connectivity index (χ0) is 13.0. The van der Waals surface area contributed by atoms with Gasteiger partial charge in [-0.2, -0.15) is 0 Å². The van der Waals surface area contributed by atoms with Gasteiger partial charge in [0.05, 0.1) is 5.01 Å². The summed E-state index contributed by atoms with van der Waals surface area (Å²) in [5, 5.41) is 7.08. The SMILES string of the molecule is CCC(C)C1CN(CCc2nc(C)cs2)CCN1. The fourth-order valence-electron chi connectivity index (χ4n) is 2.48. The van der Waals surface area contributed by atoms with Crippen molar-refractivity contribution in [2.24, 2.45) is 5.92 Å². The van der Waals surface area contributed by atoms with E-state index in [-0.39, 0.29) is 0 Å². The number of nitrogens with one attached hydrogen (secondary N) is 1. The minimum Gasteiger partial charge on any atom is -0.311 e. The van der Waals surface area contributed by atoms with Crippen molar-refractivity contribution < 1.29 is 0 Å². The maximum Gasteiger partial charge on any atom is 0.0940 e. The number of thiazole rings is 1. The van der Waals surface area contributed by atoms with Crippen LogP contribution in [0.5, 0.6) is 0 Å². The molecule has 0 amide bonds. The summed E-state index contributed by atoms with van der Waals surface area (Å²) >= 11 is 1.80. The van der Waals surface area contributed by atoms with E-state index in [4.69, 9.17) is 0 Å². The Morgan fingerprint density at radius 3 is 3.11 bits per heavy atom. The minimum atomic E-state index is 0.668. The predicted molar refractivity (Wildman–Crippen MR) is 78.2 cm³/mol. The number of aryl methyl sites for hydroxylation is 1. The number of aromatic nitrogens is 1. The molecule has 0 saturated carbocycles. The molecular formula is C14H25N3S. The van der Waals surface area contributed by atoms with E-state index in [9.17, 15) is 0 Å². The number of piperazine rings is 1. The Hall–Kier alpha value is -0.450. The molecule has 2 rings (SSSR count). The molecular weight excluding hydrogens is 242 g/mol. The van der Waals surface area contributed by atoms with Gasteiger partial charge in [0.15, 0.2) is 0 Å². The van der Waals surface area contributed by atoms with Crippen LogP contribution < -0.4 is 5.32 Å². The van der Waals surface area contributed by atoms with Gasteiger partial charge in [0.25, 0.3) is 0 Å². The largest absolute Gasteiger partial charge is 0.311 e. The number of hydrogen-bond acceptors (Lipinski definition) is 4. The normalized spacial score (nSPS) is 23.2. The molecule has 18 heavy (non-hydrogen) atoms. The zero-order valence-electron chi connectivity index (χ0n) is 11.8. The first-order valence-corrected chi connectivity index (χ1v) is 7.93. The van der Waals surface area contributed by atoms with Crippen LogP contribution in [0.15, 0.2) is 5.38 Å². The van der Waals surface area contributed by atoms with E-state index in [0.717, 1.165) is 31.1 Å². The third kappa shape index (κ3) is 3.77. The molecule has 2 heterocycles. The molecule has 2 unspecified atom stereocenters. The van der Waals surface area contributed by atoms with E-state index in [2.05, 4.69) is 41.4 Å². The molecule has 0 aliphatic carbocycles. The first-order valence-electron chi connectivity index (χ1n) is 7.05. The zero-order valence-corrected chi connectivity index (χ0v) is 12.6. The minimum absolute atomic E-state index is 0.668. The molecule has 1 fully saturated rings. The van der Waals surface area contributed by atoms with Crippen LogP contribution in [0.2, 0.25) is 0 Å². The quantitative estimate of drug-likeness (QED) is 0.887. The summed E-state index contributed by atoms with van der Waals surface area (Å²) in [6, 6.07) is 0.668. The van der Waals surface area contributed by atoms with E-state index in [1.54, 1.807) is 11.3 Å². The molecule has 1 aromatic rings. The van der Waals surface area contributed by atoms with E-state index in [1.807, 2.05) is 0 Å². The monoisotopic (exact) mass is 267 g/mol. The highest BCUT2D eigenvalue weighted by Gasteiger charge is 2.22. The number of nitrogens with zero attached hydrogens (tertiary/aromatic N) is 2. The lowest BCUT2D eigenvalue weighted by molar-refractivity contribution is 0.170. The van der Waals surface area contributed by atoms with Crippen LogP contribution in [-0.2, 0) is 6.42 Å². The van der Waals surface area contributed by atoms with Crippen LogP contribution in [0.1, 0.15) is 31.0 Å². The first kappa shape index (κ1) is 14.0. The second-order valence-electron chi connectivity index (χ2n) is 5.38. The Morgan fingerprint density at radius 2 is 2.44 bits per heavy atom. The summed E-state index contributed by atoms with van der Waals surface area (Å²) in [6.45, 7) is 11.4. The molecule has 102 valence electrons. The number of hydrogen-bond donors (Lipinski definition) is 1. The average Bonchev–Trinajstić information content (AvgIpc) is 2.81. The molecule has 1 aromatic heterocycles. The van der Waals surface area contributed by atoms with Crippen LogP contribution in [-0.4, -0.2) is 42.1 Å². The average molecular weight is 267 g/mol. The predicted octanol–water partition coefficient (Wildman–Crippen LogP) is 2.31. The molecule has 0 radical (unpaired) electrons. The lowest BCUT2D eigenvalue weighted by Gasteiger charge is -2.36. The molecule has 3 nitrogen and oxygen atoms in total. The third-order valence-electron chi connectivity index (χ3n) is 3.93. The Morgan fingerprint density at radius 1 is 1.61 bits per heavy atom. The summed E-state index contributed by atoms with van der Waals surface area (Å²) in [7, 11) is 0. The van der Waals surface area contributed by atoms with E-state index in [0.29, 0.717) is 6.04 Å². The Labute approximate surface area is 115 Å². The molecule has 1 N–H and O–H groups in total. The summed E-state index contributed by atoms with van der Waals surface area (Å²) < 4.78 is 0. The van der Waals surface area contributed by atoms with E-state index in [1.165, 1.54) is 24.5 Å². The highest BCUT2D eigenvalue weighted by Crippen LogP contribution is 2.14. The van der Waals surface area contributed by atoms with Crippen LogP contribution in [0.4, 0.5) is 0 Å². The van der Waals surface area contributed by atoms with Gasteiger partial charge in [-0.1, -0.05) is 20.3 Å². The fraction of sp³-hybridized carbons (Fsp3) is 0.786. The maximum atomic E-state index is 4.54. The molecule has 1 saturated heterocycles. The van der Waals surface area contributed by atoms with Crippen molar-refractivity contribution in [1.29, 1.82) is 0 Å². The molecule has 1 aliphatic rings. The fourth-order valence-corrected chi connectivity index (χ4v) is 3.25. The summed E-state index contributed by atoms with van der Waals surface area (Å²) in [5.74, 6) is 0.773. The Bertz CT molecular complexity index is 364. The molecule has 0 bridgehead atoms. The summed E-state index contributed by atoms with van der Waals surface area (Å²) in [4.78, 5) is 7.13. The standard InChI is InChI=1S/C14H25N3S/c1-4-11(2)13-9-17(8-6-15-13)7-5-14-16-12(3)10-18-14/h10-11,13,15H,4-9H2,1-3H3. The van der Waals surface area contributed by atoms with E-state index >= 15 is 0 Å². The van der Waals surface area contributed by atoms with Gasteiger partial charge >= 0.3 is 0 Å². The van der Waals surface area contributed by atoms with Crippen molar-refractivity contribution in [3.63, 3.8) is 0 Å². The van der Waals surface area contributed by atoms with Crippen molar-refractivity contribution in [3.05, 3.63) is 16.1 Å². The second kappa shape index (κ2) is 6.64. The summed E-state index contributed by atoms with van der Waals surface area (Å²) in [5.41, 5.74) is 1.16. The second-order valence-corrected chi connectivity index (χ2v) is 6.32. The smallest absolute Gasteiger partial charge is 0.0940 e. The lowest BCUT2D eigenvalue weighted by Crippen LogP contribution is -2.53. The van der Waals surface area contributed by atoms with Gasteiger partial charge in [-0.25, -0.2) is 4.98 Å². The van der Waals surface area contributed by atoms with Crippen LogP contribution >= 0.6 is 11.3 Å². The van der Waals surface area contributed by atoms with Gasteiger partial charge in [-0.05, 0) is 12.8 Å². The molecule has 0 spiro atoms. The van der Waals surface area contributed by atoms with Crippen LogP contribution in [0.25, 0.3) is 0 Å². The van der Waals surface area contributed by atoms with Crippen LogP contribution in [0, 0.1) is 12.8 Å². The lowest BCUT2D eigenvalue weighted by atomic mass is 9.97. The Balaban J connectivity index is 1.79. The third-order valence-corrected chi connectivity index (χ3v) is 4.96. The van der Waals surface area contributed by atoms with Crippen LogP contribution in [0.3, 0.4) is 0 Å². The van der Waals surface area contributed by atoms with Gasteiger partial charge in [0.1, 0.15) is 0 Å². The summed E-state index contributed by atoms with van der Waals surface area (Å²) in [6.07, 6.45) is 2.36. The topological polar surface area (TPSA) is 28.2 Å². The van der Waals surface area contributed by atoms with Crippen molar-refractivity contribution in [1.82, 2.24) is 15.2 Å². The van der Waals surface area contributed by atoms with Gasteiger partial charge in [0.2, 0.25) is 0 Å². The maximum absolute atomic E-state index is 4.54. The van der Waals surface area contributed by atoms with E-state index < -0.39 is 0 Å². The van der Waals surface area contributed by atoms with Crippen molar-refractivity contribution in [3.8, 4) is 0 Å². The van der Waals surface area contributed by atoms with Gasteiger partial charge in [0, 0.05) is 49.7 Å². The van der Waals surface area contributed by atoms with Gasteiger partial charge in [-0.3, -0.25) is 0 Å². The highest BCUT2D eigenvalue weighted by atomic mass is 32.1. The number of rotatable bonds is 5. The highest BCUT2D eigenvalue weighted by molar-refractivity contribution is 7.09. The molecule has 2 atom stereocenters. The van der Waals surface area contributed by atoms with Gasteiger partial charge < -0.3 is 10.2 Å². The van der Waals surface area contributed by atoms with Gasteiger partial charge in [-0.15, -0.1) is 11.3 Å². The van der Waals surface area contributed by atoms with Crippen molar-refractivity contribution in [2.75, 3.05) is 26.2 Å². The van der Waals surface area contributed by atoms with Crippen molar-refractivity contribution in [2.45, 2.75) is 39.7 Å². The molecule has 4 heteroatoms. The molecule has 1 aliphatic heterocycles.